The van der Waals surface area contributed by atoms with Gasteiger partial charge in [-0.25, -0.2) is 9.78 Å². The molecule has 2 N–H and O–H groups in total. The van der Waals surface area contributed by atoms with Gasteiger partial charge in [-0.05, 0) is 24.3 Å². The van der Waals surface area contributed by atoms with E-state index in [0.717, 1.165) is 18.2 Å². The lowest BCUT2D eigenvalue weighted by Gasteiger charge is -2.11. The summed E-state index contributed by atoms with van der Waals surface area (Å²) in [5.41, 5.74) is -1.02. The Morgan fingerprint density at radius 3 is 2.54 bits per heavy atom. The van der Waals surface area contributed by atoms with Crippen LogP contribution in [-0.4, -0.2) is 34.2 Å². The highest BCUT2D eigenvalue weighted by Gasteiger charge is 2.33. The summed E-state index contributed by atoms with van der Waals surface area (Å²) in [7, 11) is 1.17. The van der Waals surface area contributed by atoms with Crippen LogP contribution in [0.25, 0.3) is 10.9 Å². The van der Waals surface area contributed by atoms with Gasteiger partial charge in [0, 0.05) is 5.39 Å². The molecule has 3 rings (SSSR count). The number of halogens is 3. The monoisotopic (exact) mass is 394 g/mol. The number of nitrogens with zero attached hydrogens (tertiary/aromatic N) is 2. The van der Waals surface area contributed by atoms with Gasteiger partial charge in [0.25, 0.3) is 5.91 Å². The standard InChI is InChI=1S/C16H11F3N4O3.C2H6/c1-26-15(25)9-6-11-8(7-20-23-11)5-12(9)22-14(24)10-3-2-4-13(21-10)16(17,18)19;1-2/h2-7H,1H3,(H,20,23)(H,22,24);1-2H3. The largest absolute Gasteiger partial charge is 0.465 e. The maximum atomic E-state index is 12.7. The summed E-state index contributed by atoms with van der Waals surface area (Å²) in [6.45, 7) is 4.00. The average Bonchev–Trinajstić information content (AvgIpc) is 3.15. The molecule has 0 aliphatic rings. The van der Waals surface area contributed by atoms with Gasteiger partial charge in [-0.3, -0.25) is 9.89 Å². The van der Waals surface area contributed by atoms with E-state index in [1.54, 1.807) is 0 Å². The number of methoxy groups -OCH3 is 1. The van der Waals surface area contributed by atoms with Crippen molar-refractivity contribution in [3.8, 4) is 0 Å². The first kappa shape index (κ1) is 20.9. The first-order chi connectivity index (χ1) is 13.3. The van der Waals surface area contributed by atoms with E-state index in [1.165, 1.54) is 25.4 Å². The number of anilines is 1. The van der Waals surface area contributed by atoms with Crippen LogP contribution in [0.15, 0.2) is 36.5 Å². The number of aromatic amines is 1. The third-order valence-electron chi connectivity index (χ3n) is 3.50. The number of nitrogens with one attached hydrogen (secondary N) is 2. The lowest BCUT2D eigenvalue weighted by Crippen LogP contribution is -2.18. The number of hydrogen-bond acceptors (Lipinski definition) is 5. The van der Waals surface area contributed by atoms with Crippen LogP contribution in [0.5, 0.6) is 0 Å². The van der Waals surface area contributed by atoms with Gasteiger partial charge < -0.3 is 10.1 Å². The number of rotatable bonds is 3. The maximum absolute atomic E-state index is 12.7. The zero-order chi connectivity index (χ0) is 20.9. The van der Waals surface area contributed by atoms with Crippen molar-refractivity contribution in [2.45, 2.75) is 20.0 Å². The minimum atomic E-state index is -4.68. The zero-order valence-corrected chi connectivity index (χ0v) is 15.2. The van der Waals surface area contributed by atoms with Crippen molar-refractivity contribution in [3.63, 3.8) is 0 Å². The van der Waals surface area contributed by atoms with E-state index >= 15 is 0 Å². The van der Waals surface area contributed by atoms with Crippen molar-refractivity contribution in [1.82, 2.24) is 15.2 Å². The van der Waals surface area contributed by atoms with Crippen LogP contribution in [-0.2, 0) is 10.9 Å². The van der Waals surface area contributed by atoms with Crippen molar-refractivity contribution >= 4 is 28.5 Å². The molecule has 0 aliphatic heterocycles. The number of alkyl halides is 3. The molecule has 2 heterocycles. The second-order valence-corrected chi connectivity index (χ2v) is 5.21. The normalized spacial score (nSPS) is 10.8. The molecule has 0 bridgehead atoms. The Kier molecular flexibility index (Phi) is 6.34. The number of pyridine rings is 1. The number of carbonyl (C=O) groups is 2. The molecule has 0 saturated heterocycles. The Morgan fingerprint density at radius 2 is 1.89 bits per heavy atom. The van der Waals surface area contributed by atoms with Crippen molar-refractivity contribution in [1.29, 1.82) is 0 Å². The first-order valence-electron chi connectivity index (χ1n) is 8.20. The highest BCUT2D eigenvalue weighted by Crippen LogP contribution is 2.28. The first-order valence-corrected chi connectivity index (χ1v) is 8.20. The molecule has 0 fully saturated rings. The zero-order valence-electron chi connectivity index (χ0n) is 15.2. The van der Waals surface area contributed by atoms with Gasteiger partial charge in [0.2, 0.25) is 0 Å². The van der Waals surface area contributed by atoms with Crippen LogP contribution in [0, 0.1) is 0 Å². The van der Waals surface area contributed by atoms with Crippen molar-refractivity contribution in [2.75, 3.05) is 12.4 Å². The number of carbonyl (C=O) groups excluding carboxylic acids is 2. The SMILES string of the molecule is CC.COC(=O)c1cc2[nH]ncc2cc1NC(=O)c1cccc(C(F)(F)F)n1. The summed E-state index contributed by atoms with van der Waals surface area (Å²) < 4.78 is 42.9. The molecule has 3 aromatic rings. The molecular formula is C18H17F3N4O3. The topological polar surface area (TPSA) is 97.0 Å². The number of benzene rings is 1. The van der Waals surface area contributed by atoms with Gasteiger partial charge in [-0.1, -0.05) is 19.9 Å². The number of fused-ring (bicyclic) bond motifs is 1. The Bertz CT molecular complexity index is 999. The van der Waals surface area contributed by atoms with Gasteiger partial charge in [0.1, 0.15) is 11.4 Å². The average molecular weight is 394 g/mol. The molecule has 0 spiro atoms. The highest BCUT2D eigenvalue weighted by molar-refractivity contribution is 6.09. The molecule has 7 nitrogen and oxygen atoms in total. The minimum Gasteiger partial charge on any atom is -0.465 e. The summed E-state index contributed by atoms with van der Waals surface area (Å²) in [4.78, 5) is 27.6. The van der Waals surface area contributed by atoms with E-state index in [2.05, 4.69) is 25.2 Å². The van der Waals surface area contributed by atoms with Crippen molar-refractivity contribution in [3.05, 3.63) is 53.5 Å². The summed E-state index contributed by atoms with van der Waals surface area (Å²) in [6.07, 6.45) is -3.21. The summed E-state index contributed by atoms with van der Waals surface area (Å²) >= 11 is 0. The molecule has 0 aliphatic carbocycles. The number of amides is 1. The molecule has 1 amide bonds. The van der Waals surface area contributed by atoms with Crippen LogP contribution in [0.1, 0.15) is 40.4 Å². The third-order valence-corrected chi connectivity index (χ3v) is 3.50. The third kappa shape index (κ3) is 4.45. The van der Waals surface area contributed by atoms with Crippen LogP contribution in [0.2, 0.25) is 0 Å². The molecule has 10 heteroatoms. The fraction of sp³-hybridized carbons (Fsp3) is 0.222. The van der Waals surface area contributed by atoms with Gasteiger partial charge >= 0.3 is 12.1 Å². The number of aromatic nitrogens is 3. The predicted octanol–water partition coefficient (Wildman–Crippen LogP) is 4.04. The lowest BCUT2D eigenvalue weighted by atomic mass is 10.1. The molecular weight excluding hydrogens is 377 g/mol. The molecule has 0 saturated carbocycles. The molecule has 2 aromatic heterocycles. The molecule has 0 atom stereocenters. The number of H-pyrrole nitrogens is 1. The number of ether oxygens (including phenoxy) is 1. The fourth-order valence-electron chi connectivity index (χ4n) is 2.28. The molecule has 28 heavy (non-hydrogen) atoms. The summed E-state index contributed by atoms with van der Waals surface area (Å²) in [5, 5.41) is 9.46. The fourth-order valence-corrected chi connectivity index (χ4v) is 2.28. The van der Waals surface area contributed by atoms with Crippen LogP contribution in [0.3, 0.4) is 0 Å². The van der Waals surface area contributed by atoms with Gasteiger partial charge in [-0.15, -0.1) is 0 Å². The molecule has 0 unspecified atom stereocenters. The second kappa shape index (κ2) is 8.51. The predicted molar refractivity (Wildman–Crippen MR) is 96.0 cm³/mol. The second-order valence-electron chi connectivity index (χ2n) is 5.21. The quantitative estimate of drug-likeness (QED) is 0.654. The van der Waals surface area contributed by atoms with E-state index in [0.29, 0.717) is 10.9 Å². The van der Waals surface area contributed by atoms with Gasteiger partial charge in [0.15, 0.2) is 0 Å². The van der Waals surface area contributed by atoms with E-state index in [9.17, 15) is 22.8 Å². The molecule has 148 valence electrons. The highest BCUT2D eigenvalue weighted by atomic mass is 19.4. The van der Waals surface area contributed by atoms with E-state index in [-0.39, 0.29) is 11.3 Å². The van der Waals surface area contributed by atoms with E-state index < -0.39 is 29.4 Å². The van der Waals surface area contributed by atoms with Crippen LogP contribution < -0.4 is 5.32 Å². The number of hydrogen-bond donors (Lipinski definition) is 2. The smallest absolute Gasteiger partial charge is 0.433 e. The summed E-state index contributed by atoms with van der Waals surface area (Å²) in [5.74, 6) is -1.63. The van der Waals surface area contributed by atoms with Crippen molar-refractivity contribution in [2.24, 2.45) is 0 Å². The number of esters is 1. The molecule has 1 aromatic carbocycles. The van der Waals surface area contributed by atoms with E-state index in [4.69, 9.17) is 0 Å². The Balaban J connectivity index is 0.00000136. The van der Waals surface area contributed by atoms with E-state index in [1.807, 2.05) is 13.8 Å². The van der Waals surface area contributed by atoms with Crippen molar-refractivity contribution < 1.29 is 27.5 Å². The lowest BCUT2D eigenvalue weighted by molar-refractivity contribution is -0.141. The maximum Gasteiger partial charge on any atom is 0.433 e. The Morgan fingerprint density at radius 1 is 1.18 bits per heavy atom. The minimum absolute atomic E-state index is 0.0181. The Labute approximate surface area is 157 Å². The summed E-state index contributed by atoms with van der Waals surface area (Å²) in [6, 6.07) is 5.85. The molecule has 0 radical (unpaired) electrons. The van der Waals surface area contributed by atoms with Gasteiger partial charge in [-0.2, -0.15) is 18.3 Å². The Hall–Kier alpha value is -3.43. The van der Waals surface area contributed by atoms with Gasteiger partial charge in [0.05, 0.1) is 30.1 Å². The van der Waals surface area contributed by atoms with Crippen LogP contribution >= 0.6 is 0 Å². The van der Waals surface area contributed by atoms with Crippen LogP contribution in [0.4, 0.5) is 18.9 Å².